The molecule has 1 aliphatic carbocycles. The van der Waals surface area contributed by atoms with Gasteiger partial charge in [0, 0.05) is 24.5 Å². The van der Waals surface area contributed by atoms with Crippen molar-refractivity contribution >= 4 is 28.8 Å². The second kappa shape index (κ2) is 7.37. The molecule has 0 saturated heterocycles. The van der Waals surface area contributed by atoms with Gasteiger partial charge in [0.05, 0.1) is 29.2 Å². The van der Waals surface area contributed by atoms with Crippen LogP contribution in [0.15, 0.2) is 35.0 Å². The third kappa shape index (κ3) is 4.66. The molecule has 0 radical (unpaired) electrons. The summed E-state index contributed by atoms with van der Waals surface area (Å²) in [5.41, 5.74) is 1.10. The maximum atomic E-state index is 12.3. The van der Waals surface area contributed by atoms with Gasteiger partial charge in [0.1, 0.15) is 5.82 Å². The number of alkyl halides is 3. The van der Waals surface area contributed by atoms with Gasteiger partial charge in [0.25, 0.3) is 0 Å². The number of halogens is 3. The molecule has 1 saturated carbocycles. The van der Waals surface area contributed by atoms with E-state index in [-0.39, 0.29) is 23.8 Å². The predicted molar refractivity (Wildman–Crippen MR) is 99.0 cm³/mol. The number of anilines is 1. The molecular formula is C18H19F3N6O2. The first-order valence-electron chi connectivity index (χ1n) is 9.13. The minimum absolute atomic E-state index is 0.0361. The highest BCUT2D eigenvalue weighted by molar-refractivity contribution is 6.00. The number of carbonyl (C=O) groups is 1. The van der Waals surface area contributed by atoms with E-state index >= 15 is 0 Å². The molecule has 2 N–H and O–H groups in total. The van der Waals surface area contributed by atoms with E-state index in [9.17, 15) is 18.0 Å². The number of fused-ring (bicyclic) bond motifs is 1. The van der Waals surface area contributed by atoms with Crippen LogP contribution in [0.4, 0.5) is 19.0 Å². The molecule has 0 spiro atoms. The van der Waals surface area contributed by atoms with E-state index in [2.05, 4.69) is 25.7 Å². The van der Waals surface area contributed by atoms with Crippen LogP contribution in [0.25, 0.3) is 10.9 Å². The Morgan fingerprint density at radius 1 is 1.41 bits per heavy atom. The lowest BCUT2D eigenvalue weighted by molar-refractivity contribution is -0.165. The quantitative estimate of drug-likeness (QED) is 0.767. The first-order chi connectivity index (χ1) is 13.8. The number of pyridine rings is 1. The van der Waals surface area contributed by atoms with Crippen LogP contribution in [0.2, 0.25) is 0 Å². The topological polar surface area (TPSA) is 93.4 Å². The lowest BCUT2D eigenvalue weighted by Gasteiger charge is -2.22. The summed E-state index contributed by atoms with van der Waals surface area (Å²) in [6.45, 7) is 0.596. The lowest BCUT2D eigenvalue weighted by atomic mass is 10.2. The number of carbonyl (C=O) groups excluding carboxylic acids is 1. The fourth-order valence-corrected chi connectivity index (χ4v) is 2.97. The third-order valence-electron chi connectivity index (χ3n) is 4.52. The average Bonchev–Trinajstić information content (AvgIpc) is 3.41. The number of aliphatic imine (C=N–C) groups is 1. The lowest BCUT2D eigenvalue weighted by Crippen LogP contribution is -2.37. The molecule has 1 aliphatic heterocycles. The molecule has 154 valence electrons. The van der Waals surface area contributed by atoms with Crippen LogP contribution >= 0.6 is 0 Å². The molecule has 8 nitrogen and oxygen atoms in total. The monoisotopic (exact) mass is 408 g/mol. The largest absolute Gasteiger partial charge is 0.467 e. The van der Waals surface area contributed by atoms with Gasteiger partial charge >= 0.3 is 6.18 Å². The fourth-order valence-electron chi connectivity index (χ4n) is 2.97. The van der Waals surface area contributed by atoms with Crippen molar-refractivity contribution in [2.75, 3.05) is 11.9 Å². The zero-order valence-electron chi connectivity index (χ0n) is 15.5. The maximum absolute atomic E-state index is 12.3. The highest BCUT2D eigenvalue weighted by atomic mass is 19.4. The van der Waals surface area contributed by atoms with E-state index in [0.717, 1.165) is 18.2 Å². The Hall–Kier alpha value is -3.11. The van der Waals surface area contributed by atoms with Crippen LogP contribution in [0.1, 0.15) is 19.8 Å². The standard InChI is InChI=1S/C18H19F3N6O2/c1-10-17(29-9-18(19,20)21)23-6-12(24-10)7-27-8-13-14(26-27)4-5-22-15(13)25-16(28)11-2-3-11/h4-6,8,11-12,24H,2-3,7,9H2,1H3,(H,22,25,28). The maximum Gasteiger partial charge on any atom is 0.422 e. The van der Waals surface area contributed by atoms with Crippen molar-refractivity contribution in [3.63, 3.8) is 0 Å². The van der Waals surface area contributed by atoms with Gasteiger partial charge in [-0.1, -0.05) is 0 Å². The van der Waals surface area contributed by atoms with Crippen molar-refractivity contribution in [1.29, 1.82) is 0 Å². The zero-order chi connectivity index (χ0) is 20.6. The van der Waals surface area contributed by atoms with Gasteiger partial charge in [0.15, 0.2) is 6.61 Å². The van der Waals surface area contributed by atoms with E-state index in [1.807, 2.05) is 0 Å². The Kier molecular flexibility index (Phi) is 4.89. The van der Waals surface area contributed by atoms with E-state index in [4.69, 9.17) is 4.74 Å². The summed E-state index contributed by atoms with van der Waals surface area (Å²) in [4.78, 5) is 20.3. The molecule has 1 amide bonds. The molecule has 1 atom stereocenters. The number of rotatable bonds is 6. The molecular weight excluding hydrogens is 389 g/mol. The summed E-state index contributed by atoms with van der Waals surface area (Å²) in [6, 6.07) is 1.47. The number of aromatic nitrogens is 3. The summed E-state index contributed by atoms with van der Waals surface area (Å²) in [6.07, 6.45) is 2.22. The van der Waals surface area contributed by atoms with Crippen LogP contribution in [-0.2, 0) is 16.1 Å². The van der Waals surface area contributed by atoms with Crippen molar-refractivity contribution in [3.05, 3.63) is 30.0 Å². The highest BCUT2D eigenvalue weighted by Crippen LogP contribution is 2.31. The summed E-state index contributed by atoms with van der Waals surface area (Å²) < 4.78 is 43.3. The number of allylic oxidation sites excluding steroid dienone is 1. The van der Waals surface area contributed by atoms with E-state index in [1.54, 1.807) is 30.1 Å². The SMILES string of the molecule is CC1=C(OCC(F)(F)F)N=CC(Cn2cc3c(NC(=O)C4CC4)nccc3n2)N1. The molecule has 11 heteroatoms. The van der Waals surface area contributed by atoms with Crippen molar-refractivity contribution < 1.29 is 22.7 Å². The number of hydrogen-bond donors (Lipinski definition) is 2. The molecule has 0 bridgehead atoms. The number of ether oxygens (including phenoxy) is 1. The van der Waals surface area contributed by atoms with Crippen molar-refractivity contribution in [1.82, 2.24) is 20.1 Å². The van der Waals surface area contributed by atoms with E-state index in [0.29, 0.717) is 23.6 Å². The number of amides is 1. The normalized spacial score (nSPS) is 19.4. The zero-order valence-corrected chi connectivity index (χ0v) is 15.5. The second-order valence-electron chi connectivity index (χ2n) is 7.07. The summed E-state index contributed by atoms with van der Waals surface area (Å²) in [5.74, 6) is 0.410. The predicted octanol–water partition coefficient (Wildman–Crippen LogP) is 2.59. The molecule has 0 aromatic carbocycles. The Morgan fingerprint density at radius 2 is 2.21 bits per heavy atom. The summed E-state index contributed by atoms with van der Waals surface area (Å²) >= 11 is 0. The molecule has 1 fully saturated rings. The number of nitrogens with one attached hydrogen (secondary N) is 2. The first kappa shape index (κ1) is 19.2. The smallest absolute Gasteiger partial charge is 0.422 e. The van der Waals surface area contributed by atoms with Crippen LogP contribution in [0.3, 0.4) is 0 Å². The molecule has 1 unspecified atom stereocenters. The van der Waals surface area contributed by atoms with Crippen LogP contribution in [-0.4, -0.2) is 45.7 Å². The van der Waals surface area contributed by atoms with E-state index < -0.39 is 12.8 Å². The third-order valence-corrected chi connectivity index (χ3v) is 4.52. The van der Waals surface area contributed by atoms with Gasteiger partial charge in [-0.2, -0.15) is 18.3 Å². The Balaban J connectivity index is 1.43. The van der Waals surface area contributed by atoms with Crippen molar-refractivity contribution in [2.45, 2.75) is 38.5 Å². The summed E-state index contributed by atoms with van der Waals surface area (Å²) in [7, 11) is 0. The Morgan fingerprint density at radius 3 is 2.90 bits per heavy atom. The molecule has 4 rings (SSSR count). The average molecular weight is 408 g/mol. The number of hydrogen-bond acceptors (Lipinski definition) is 6. The summed E-state index contributed by atoms with van der Waals surface area (Å²) in [5, 5.41) is 11.1. The molecule has 2 aromatic heterocycles. The van der Waals surface area contributed by atoms with Gasteiger partial charge in [-0.05, 0) is 25.8 Å². The Bertz CT molecular complexity index is 993. The highest BCUT2D eigenvalue weighted by Gasteiger charge is 2.31. The minimum atomic E-state index is -4.42. The molecule has 2 aliphatic rings. The van der Waals surface area contributed by atoms with Gasteiger partial charge in [-0.15, -0.1) is 0 Å². The van der Waals surface area contributed by atoms with Gasteiger partial charge in [-0.25, -0.2) is 9.98 Å². The Labute approximate surface area is 163 Å². The van der Waals surface area contributed by atoms with Gasteiger partial charge < -0.3 is 15.4 Å². The fraction of sp³-hybridized carbons (Fsp3) is 0.444. The van der Waals surface area contributed by atoms with Crippen molar-refractivity contribution in [2.24, 2.45) is 10.9 Å². The van der Waals surface area contributed by atoms with Crippen molar-refractivity contribution in [3.8, 4) is 0 Å². The van der Waals surface area contributed by atoms with Gasteiger partial charge in [0.2, 0.25) is 11.8 Å². The molecule has 29 heavy (non-hydrogen) atoms. The van der Waals surface area contributed by atoms with Crippen LogP contribution < -0.4 is 10.6 Å². The second-order valence-corrected chi connectivity index (χ2v) is 7.07. The van der Waals surface area contributed by atoms with E-state index in [1.165, 1.54) is 6.21 Å². The number of nitrogens with zero attached hydrogens (tertiary/aromatic N) is 4. The molecule has 3 heterocycles. The molecule has 2 aromatic rings. The first-order valence-corrected chi connectivity index (χ1v) is 9.13. The van der Waals surface area contributed by atoms with Crippen LogP contribution in [0.5, 0.6) is 0 Å². The van der Waals surface area contributed by atoms with Crippen LogP contribution in [0, 0.1) is 5.92 Å². The van der Waals surface area contributed by atoms with Gasteiger partial charge in [-0.3, -0.25) is 9.48 Å². The minimum Gasteiger partial charge on any atom is -0.467 e.